The minimum atomic E-state index is -0.327. The quantitative estimate of drug-likeness (QED) is 0.490. The number of hydrogen-bond acceptors (Lipinski definition) is 5. The van der Waals surface area contributed by atoms with Crippen LogP contribution in [0.25, 0.3) is 5.57 Å². The van der Waals surface area contributed by atoms with E-state index in [4.69, 9.17) is 12.2 Å². The van der Waals surface area contributed by atoms with Crippen molar-refractivity contribution >= 4 is 57.3 Å². The van der Waals surface area contributed by atoms with E-state index in [9.17, 15) is 14.4 Å². The lowest BCUT2D eigenvalue weighted by Crippen LogP contribution is -2.40. The monoisotopic (exact) mass is 491 g/mol. The molecule has 174 valence electrons. The van der Waals surface area contributed by atoms with Crippen LogP contribution in [-0.4, -0.2) is 46.1 Å². The van der Waals surface area contributed by atoms with Crippen molar-refractivity contribution in [2.24, 2.45) is 0 Å². The zero-order valence-electron chi connectivity index (χ0n) is 18.7. The number of hydrogen-bond donors (Lipinski definition) is 1. The van der Waals surface area contributed by atoms with E-state index in [0.717, 1.165) is 31.2 Å². The number of fused-ring (bicyclic) bond motifs is 1. The first-order chi connectivity index (χ1) is 16.5. The predicted molar refractivity (Wildman–Crippen MR) is 138 cm³/mol. The summed E-state index contributed by atoms with van der Waals surface area (Å²) < 4.78 is 0.516. The van der Waals surface area contributed by atoms with Gasteiger partial charge in [-0.25, -0.2) is 0 Å². The van der Waals surface area contributed by atoms with Crippen LogP contribution in [0.5, 0.6) is 0 Å². The smallest absolute Gasteiger partial charge is 0.267 e. The number of para-hydroxylation sites is 1. The van der Waals surface area contributed by atoms with Crippen LogP contribution in [0.15, 0.2) is 59.5 Å². The van der Waals surface area contributed by atoms with E-state index in [2.05, 4.69) is 5.32 Å². The van der Waals surface area contributed by atoms with Crippen molar-refractivity contribution in [3.8, 4) is 0 Å². The van der Waals surface area contributed by atoms with Crippen LogP contribution in [0.1, 0.15) is 36.8 Å². The molecule has 1 aliphatic carbocycles. The van der Waals surface area contributed by atoms with Gasteiger partial charge in [0, 0.05) is 18.2 Å². The summed E-state index contributed by atoms with van der Waals surface area (Å²) in [5, 5.41) is 2.90. The Morgan fingerprint density at radius 1 is 1.00 bits per heavy atom. The van der Waals surface area contributed by atoms with Gasteiger partial charge in [0.2, 0.25) is 5.91 Å². The van der Waals surface area contributed by atoms with E-state index in [1.165, 1.54) is 16.7 Å². The standard InChI is InChI=1S/C26H25N3O3S2/c30-21(27-15-14-17-8-2-1-3-9-17)16-28-20-13-7-6-12-19(20)22(24(28)31)23-25(32)29(26(33)34-23)18-10-4-5-11-18/h1-3,6-9,12-13,18H,4-5,10-11,14-16H2,(H,27,30)/b23-22-. The zero-order chi connectivity index (χ0) is 23.7. The summed E-state index contributed by atoms with van der Waals surface area (Å²) >= 11 is 6.74. The van der Waals surface area contributed by atoms with Crippen molar-refractivity contribution in [3.05, 3.63) is 70.6 Å². The number of carbonyl (C=O) groups excluding carboxylic acids is 3. The minimum Gasteiger partial charge on any atom is -0.354 e. The first-order valence-corrected chi connectivity index (χ1v) is 12.8. The number of thiocarbonyl (C=S) groups is 1. The third-order valence-electron chi connectivity index (χ3n) is 6.52. The van der Waals surface area contributed by atoms with Crippen molar-refractivity contribution in [2.75, 3.05) is 18.0 Å². The number of amides is 3. The molecular formula is C26H25N3O3S2. The highest BCUT2D eigenvalue weighted by Crippen LogP contribution is 2.45. The molecule has 3 amide bonds. The Balaban J connectivity index is 1.35. The molecule has 0 atom stereocenters. The van der Waals surface area contributed by atoms with Gasteiger partial charge in [-0.05, 0) is 30.9 Å². The molecule has 0 aromatic heterocycles. The lowest BCUT2D eigenvalue weighted by atomic mass is 10.1. The Bertz CT molecular complexity index is 1190. The molecule has 6 nitrogen and oxygen atoms in total. The molecule has 5 rings (SSSR count). The number of nitrogens with one attached hydrogen (secondary N) is 1. The Morgan fingerprint density at radius 3 is 2.47 bits per heavy atom. The Labute approximate surface area is 208 Å². The average molecular weight is 492 g/mol. The highest BCUT2D eigenvalue weighted by molar-refractivity contribution is 8.26. The topological polar surface area (TPSA) is 69.7 Å². The Hall–Kier alpha value is -2.97. The number of thioether (sulfide) groups is 1. The van der Waals surface area contributed by atoms with Crippen LogP contribution >= 0.6 is 24.0 Å². The van der Waals surface area contributed by atoms with Gasteiger partial charge in [0.1, 0.15) is 10.9 Å². The first-order valence-electron chi connectivity index (χ1n) is 11.6. The number of rotatable bonds is 6. The second kappa shape index (κ2) is 9.72. The molecule has 2 fully saturated rings. The van der Waals surface area contributed by atoms with Crippen LogP contribution in [0, 0.1) is 0 Å². The summed E-state index contributed by atoms with van der Waals surface area (Å²) in [6.07, 6.45) is 4.76. The van der Waals surface area contributed by atoms with Gasteiger partial charge in [-0.15, -0.1) is 0 Å². The summed E-state index contributed by atoms with van der Waals surface area (Å²) in [6, 6.07) is 17.4. The maximum Gasteiger partial charge on any atom is 0.267 e. The molecule has 0 radical (unpaired) electrons. The van der Waals surface area contributed by atoms with Gasteiger partial charge in [0.05, 0.1) is 16.2 Å². The average Bonchev–Trinajstić information content (AvgIpc) is 3.53. The molecule has 2 aliphatic heterocycles. The second-order valence-electron chi connectivity index (χ2n) is 8.68. The molecule has 0 unspecified atom stereocenters. The maximum atomic E-state index is 13.5. The van der Waals surface area contributed by atoms with Crippen molar-refractivity contribution in [1.82, 2.24) is 10.2 Å². The largest absolute Gasteiger partial charge is 0.354 e. The van der Waals surface area contributed by atoms with Crippen LogP contribution in [0.3, 0.4) is 0 Å². The first kappa shape index (κ1) is 22.8. The fourth-order valence-corrected chi connectivity index (χ4v) is 6.33. The fraction of sp³-hybridized carbons (Fsp3) is 0.308. The molecule has 2 aromatic rings. The van der Waals surface area contributed by atoms with Gasteiger partial charge in [-0.2, -0.15) is 0 Å². The molecule has 3 aliphatic rings. The van der Waals surface area contributed by atoms with Crippen LogP contribution in [-0.2, 0) is 20.8 Å². The summed E-state index contributed by atoms with van der Waals surface area (Å²) in [4.78, 5) is 43.1. The summed E-state index contributed by atoms with van der Waals surface area (Å²) in [7, 11) is 0. The normalized spacial score (nSPS) is 20.4. The highest BCUT2D eigenvalue weighted by Gasteiger charge is 2.44. The molecular weight excluding hydrogens is 466 g/mol. The summed E-state index contributed by atoms with van der Waals surface area (Å²) in [6.45, 7) is 0.385. The van der Waals surface area contributed by atoms with E-state index in [1.807, 2.05) is 54.6 Å². The number of carbonyl (C=O) groups is 3. The fourth-order valence-electron chi connectivity index (χ4n) is 4.85. The van der Waals surface area contributed by atoms with Crippen LogP contribution in [0.2, 0.25) is 0 Å². The third-order valence-corrected chi connectivity index (χ3v) is 7.92. The molecule has 1 N–H and O–H groups in total. The Morgan fingerprint density at radius 2 is 1.71 bits per heavy atom. The van der Waals surface area contributed by atoms with Crippen molar-refractivity contribution < 1.29 is 14.4 Å². The van der Waals surface area contributed by atoms with E-state index >= 15 is 0 Å². The zero-order valence-corrected chi connectivity index (χ0v) is 20.3. The molecule has 1 saturated carbocycles. The predicted octanol–water partition coefficient (Wildman–Crippen LogP) is 3.91. The van der Waals surface area contributed by atoms with Gasteiger partial charge in [0.15, 0.2) is 0 Å². The van der Waals surface area contributed by atoms with Crippen molar-refractivity contribution in [1.29, 1.82) is 0 Å². The molecule has 1 saturated heterocycles. The van der Waals surface area contributed by atoms with Crippen LogP contribution in [0.4, 0.5) is 5.69 Å². The lowest BCUT2D eigenvalue weighted by molar-refractivity contribution is -0.123. The summed E-state index contributed by atoms with van der Waals surface area (Å²) in [5.41, 5.74) is 2.81. The van der Waals surface area contributed by atoms with E-state index in [0.29, 0.717) is 39.0 Å². The highest BCUT2D eigenvalue weighted by atomic mass is 32.2. The van der Waals surface area contributed by atoms with E-state index in [1.54, 1.807) is 4.90 Å². The number of anilines is 1. The SMILES string of the molecule is O=C(CN1C(=O)/C(=C2\SC(=S)N(C3CCCC3)C2=O)c2ccccc21)NCCc1ccccc1. The van der Waals surface area contributed by atoms with Gasteiger partial charge < -0.3 is 5.32 Å². The maximum absolute atomic E-state index is 13.5. The lowest BCUT2D eigenvalue weighted by Gasteiger charge is -2.22. The molecule has 34 heavy (non-hydrogen) atoms. The van der Waals surface area contributed by atoms with E-state index < -0.39 is 0 Å². The van der Waals surface area contributed by atoms with Gasteiger partial charge >= 0.3 is 0 Å². The molecule has 2 heterocycles. The van der Waals surface area contributed by atoms with Gasteiger partial charge in [-0.3, -0.25) is 24.2 Å². The van der Waals surface area contributed by atoms with Crippen molar-refractivity contribution in [3.63, 3.8) is 0 Å². The third kappa shape index (κ3) is 4.28. The van der Waals surface area contributed by atoms with Crippen molar-refractivity contribution in [2.45, 2.75) is 38.1 Å². The molecule has 0 spiro atoms. The Kier molecular flexibility index (Phi) is 6.52. The van der Waals surface area contributed by atoms with E-state index in [-0.39, 0.29) is 30.3 Å². The molecule has 0 bridgehead atoms. The number of nitrogens with zero attached hydrogens (tertiary/aromatic N) is 2. The second-order valence-corrected chi connectivity index (χ2v) is 10.3. The van der Waals surface area contributed by atoms with Gasteiger partial charge in [-0.1, -0.05) is 85.4 Å². The minimum absolute atomic E-state index is 0.100. The molecule has 8 heteroatoms. The van der Waals surface area contributed by atoms with Crippen LogP contribution < -0.4 is 10.2 Å². The number of benzene rings is 2. The summed E-state index contributed by atoms with van der Waals surface area (Å²) in [5.74, 6) is -0.751. The molecule has 2 aromatic carbocycles. The van der Waals surface area contributed by atoms with Gasteiger partial charge in [0.25, 0.3) is 11.8 Å².